The number of thioether (sulfide) groups is 1. The lowest BCUT2D eigenvalue weighted by Crippen LogP contribution is -2.17. The Labute approximate surface area is 148 Å². The normalized spacial score (nSPS) is 11.0. The highest BCUT2D eigenvalue weighted by molar-refractivity contribution is 7.99. The molecular formula is C15H17ClN6OS. The summed E-state index contributed by atoms with van der Waals surface area (Å²) in [5.41, 5.74) is 1.85. The third-order valence-corrected chi connectivity index (χ3v) is 4.37. The molecule has 0 spiro atoms. The van der Waals surface area contributed by atoms with Crippen LogP contribution in [0.25, 0.3) is 5.95 Å². The maximum absolute atomic E-state index is 6.08. The first kappa shape index (κ1) is 16.7. The average Bonchev–Trinajstić information content (AvgIpc) is 3.06. The van der Waals surface area contributed by atoms with Gasteiger partial charge in [0.2, 0.25) is 5.16 Å². The summed E-state index contributed by atoms with van der Waals surface area (Å²) in [5.74, 6) is 7.98. The standard InChI is InChI=1S/C15H17ClN6OS/c1-10-8-11(2)22(20-10)14-18-19-15(21(14)17)24-7-6-23-13-5-3-4-12(16)9-13/h3-5,8-9H,6-7,17H2,1-2H3. The topological polar surface area (TPSA) is 83.8 Å². The predicted molar refractivity (Wildman–Crippen MR) is 94.4 cm³/mol. The lowest BCUT2D eigenvalue weighted by atomic mass is 10.3. The Bertz CT molecular complexity index is 846. The molecule has 0 fully saturated rings. The van der Waals surface area contributed by atoms with Gasteiger partial charge in [-0.25, -0.2) is 9.36 Å². The maximum atomic E-state index is 6.08. The van der Waals surface area contributed by atoms with Crippen LogP contribution in [-0.4, -0.2) is 37.0 Å². The van der Waals surface area contributed by atoms with E-state index in [9.17, 15) is 0 Å². The largest absolute Gasteiger partial charge is 0.493 e. The van der Waals surface area contributed by atoms with E-state index in [2.05, 4.69) is 15.3 Å². The number of hydrogen-bond donors (Lipinski definition) is 1. The van der Waals surface area contributed by atoms with E-state index in [1.54, 1.807) is 16.8 Å². The number of aryl methyl sites for hydroxylation is 2. The third kappa shape index (κ3) is 3.65. The van der Waals surface area contributed by atoms with Crippen molar-refractivity contribution in [3.05, 3.63) is 46.7 Å². The summed E-state index contributed by atoms with van der Waals surface area (Å²) < 4.78 is 8.75. The molecule has 0 saturated heterocycles. The highest BCUT2D eigenvalue weighted by Crippen LogP contribution is 2.20. The van der Waals surface area contributed by atoms with Crippen molar-refractivity contribution in [1.82, 2.24) is 24.7 Å². The molecule has 7 nitrogen and oxygen atoms in total. The van der Waals surface area contributed by atoms with Gasteiger partial charge in [-0.15, -0.1) is 10.2 Å². The van der Waals surface area contributed by atoms with Crippen molar-refractivity contribution in [3.8, 4) is 11.7 Å². The molecule has 3 aromatic rings. The second-order valence-electron chi connectivity index (χ2n) is 5.15. The molecule has 3 rings (SSSR count). The maximum Gasteiger partial charge on any atom is 0.271 e. The van der Waals surface area contributed by atoms with E-state index in [0.717, 1.165) is 17.1 Å². The fraction of sp³-hybridized carbons (Fsp3) is 0.267. The van der Waals surface area contributed by atoms with Gasteiger partial charge in [0, 0.05) is 16.5 Å². The highest BCUT2D eigenvalue weighted by Gasteiger charge is 2.14. The van der Waals surface area contributed by atoms with Crippen LogP contribution in [0.2, 0.25) is 5.02 Å². The van der Waals surface area contributed by atoms with E-state index in [4.69, 9.17) is 22.2 Å². The second kappa shape index (κ2) is 7.14. The molecule has 2 N–H and O–H groups in total. The molecule has 2 aromatic heterocycles. The van der Waals surface area contributed by atoms with E-state index in [0.29, 0.717) is 28.5 Å². The molecule has 0 aliphatic heterocycles. The number of nitrogen functional groups attached to an aromatic ring is 1. The van der Waals surface area contributed by atoms with E-state index in [1.165, 1.54) is 16.4 Å². The average molecular weight is 365 g/mol. The van der Waals surface area contributed by atoms with Crippen molar-refractivity contribution in [1.29, 1.82) is 0 Å². The van der Waals surface area contributed by atoms with Gasteiger partial charge >= 0.3 is 0 Å². The van der Waals surface area contributed by atoms with E-state index >= 15 is 0 Å². The number of aromatic nitrogens is 5. The Balaban J connectivity index is 1.59. The van der Waals surface area contributed by atoms with Crippen LogP contribution < -0.4 is 10.6 Å². The van der Waals surface area contributed by atoms with Crippen LogP contribution in [-0.2, 0) is 0 Å². The molecule has 0 bridgehead atoms. The molecule has 0 aliphatic carbocycles. The zero-order chi connectivity index (χ0) is 17.1. The third-order valence-electron chi connectivity index (χ3n) is 3.22. The van der Waals surface area contributed by atoms with Crippen LogP contribution >= 0.6 is 23.4 Å². The van der Waals surface area contributed by atoms with Crippen molar-refractivity contribution in [2.75, 3.05) is 18.2 Å². The number of rotatable bonds is 6. The Morgan fingerprint density at radius 1 is 1.25 bits per heavy atom. The fourth-order valence-corrected chi connectivity index (χ4v) is 3.04. The molecule has 0 saturated carbocycles. The van der Waals surface area contributed by atoms with Gasteiger partial charge in [-0.1, -0.05) is 29.4 Å². The fourth-order valence-electron chi connectivity index (χ4n) is 2.19. The number of halogens is 1. The molecule has 24 heavy (non-hydrogen) atoms. The van der Waals surface area contributed by atoms with Crippen LogP contribution in [0.3, 0.4) is 0 Å². The number of nitrogens with two attached hydrogens (primary N) is 1. The van der Waals surface area contributed by atoms with Gasteiger partial charge in [0.15, 0.2) is 0 Å². The Morgan fingerprint density at radius 2 is 2.08 bits per heavy atom. The molecule has 0 radical (unpaired) electrons. The van der Waals surface area contributed by atoms with Crippen LogP contribution in [0.5, 0.6) is 5.75 Å². The van der Waals surface area contributed by atoms with Gasteiger partial charge in [0.05, 0.1) is 12.3 Å². The van der Waals surface area contributed by atoms with E-state index in [-0.39, 0.29) is 0 Å². The molecule has 0 atom stereocenters. The first-order valence-corrected chi connectivity index (χ1v) is 8.66. The van der Waals surface area contributed by atoms with Gasteiger partial charge in [-0.05, 0) is 38.1 Å². The molecule has 0 unspecified atom stereocenters. The Morgan fingerprint density at radius 3 is 2.79 bits per heavy atom. The van der Waals surface area contributed by atoms with Crippen LogP contribution in [0.15, 0.2) is 35.5 Å². The van der Waals surface area contributed by atoms with Gasteiger partial charge in [-0.3, -0.25) is 0 Å². The number of hydrogen-bond acceptors (Lipinski definition) is 6. The molecule has 0 aliphatic rings. The number of nitrogens with zero attached hydrogens (tertiary/aromatic N) is 5. The van der Waals surface area contributed by atoms with Gasteiger partial charge in [0.1, 0.15) is 5.75 Å². The van der Waals surface area contributed by atoms with Crippen LogP contribution in [0.1, 0.15) is 11.4 Å². The quantitative estimate of drug-likeness (QED) is 0.411. The molecule has 9 heteroatoms. The minimum atomic E-state index is 0.485. The van der Waals surface area contributed by atoms with Crippen LogP contribution in [0, 0.1) is 13.8 Å². The molecule has 126 valence electrons. The van der Waals surface area contributed by atoms with Crippen molar-refractivity contribution >= 4 is 23.4 Å². The zero-order valence-electron chi connectivity index (χ0n) is 13.3. The Kier molecular flexibility index (Phi) is 4.96. The molecule has 1 aromatic carbocycles. The van der Waals surface area contributed by atoms with Crippen LogP contribution in [0.4, 0.5) is 0 Å². The first-order valence-electron chi connectivity index (χ1n) is 7.30. The van der Waals surface area contributed by atoms with Gasteiger partial charge in [0.25, 0.3) is 5.95 Å². The molecule has 2 heterocycles. The van der Waals surface area contributed by atoms with Gasteiger partial charge in [-0.2, -0.15) is 5.10 Å². The van der Waals surface area contributed by atoms with Gasteiger partial charge < -0.3 is 10.6 Å². The summed E-state index contributed by atoms with van der Waals surface area (Å²) in [6.45, 7) is 4.37. The molecular weight excluding hydrogens is 348 g/mol. The molecule has 0 amide bonds. The lowest BCUT2D eigenvalue weighted by molar-refractivity contribution is 0.344. The monoisotopic (exact) mass is 364 g/mol. The number of ether oxygens (including phenoxy) is 1. The van der Waals surface area contributed by atoms with Crippen molar-refractivity contribution in [2.24, 2.45) is 0 Å². The SMILES string of the molecule is Cc1cc(C)n(-c2nnc(SCCOc3cccc(Cl)c3)n2N)n1. The van der Waals surface area contributed by atoms with Crippen molar-refractivity contribution in [3.63, 3.8) is 0 Å². The first-order chi connectivity index (χ1) is 11.5. The second-order valence-corrected chi connectivity index (χ2v) is 6.64. The Hall–Kier alpha value is -2.19. The van der Waals surface area contributed by atoms with Crippen molar-refractivity contribution in [2.45, 2.75) is 19.0 Å². The summed E-state index contributed by atoms with van der Waals surface area (Å²) in [7, 11) is 0. The summed E-state index contributed by atoms with van der Waals surface area (Å²) >= 11 is 7.38. The lowest BCUT2D eigenvalue weighted by Gasteiger charge is -2.06. The smallest absolute Gasteiger partial charge is 0.271 e. The number of benzene rings is 1. The minimum absolute atomic E-state index is 0.485. The van der Waals surface area contributed by atoms with E-state index in [1.807, 2.05) is 32.0 Å². The van der Waals surface area contributed by atoms with Crippen molar-refractivity contribution < 1.29 is 4.74 Å². The summed E-state index contributed by atoms with van der Waals surface area (Å²) in [5, 5.41) is 13.9. The van der Waals surface area contributed by atoms with E-state index < -0.39 is 0 Å². The zero-order valence-corrected chi connectivity index (χ0v) is 14.9. The summed E-state index contributed by atoms with van der Waals surface area (Å²) in [4.78, 5) is 0. The minimum Gasteiger partial charge on any atom is -0.493 e. The predicted octanol–water partition coefficient (Wildman–Crippen LogP) is 2.62. The summed E-state index contributed by atoms with van der Waals surface area (Å²) in [6, 6.07) is 9.25. The highest BCUT2D eigenvalue weighted by atomic mass is 35.5. The summed E-state index contributed by atoms with van der Waals surface area (Å²) in [6.07, 6.45) is 0.